The molecule has 3 rings (SSSR count). The zero-order chi connectivity index (χ0) is 13.5. The summed E-state index contributed by atoms with van der Waals surface area (Å²) >= 11 is 1.41. The molecule has 2 heterocycles. The largest absolute Gasteiger partial charge is 0.335 e. The topological polar surface area (TPSA) is 66.5 Å². The van der Waals surface area contributed by atoms with E-state index in [1.54, 1.807) is 16.8 Å². The molecule has 100 valence electrons. The van der Waals surface area contributed by atoms with Crippen LogP contribution in [0.3, 0.4) is 0 Å². The van der Waals surface area contributed by atoms with Crippen LogP contribution in [0.1, 0.15) is 32.1 Å². The van der Waals surface area contributed by atoms with Crippen LogP contribution >= 0.6 is 11.3 Å². The Kier molecular flexibility index (Phi) is 2.89. The SMILES string of the molecule is O=C1NC(=O)C2(CCCCC2)C(=O)N1c1ccsc1. The first-order valence-electron chi connectivity index (χ1n) is 6.37. The van der Waals surface area contributed by atoms with Crippen LogP contribution in [0.5, 0.6) is 0 Å². The molecule has 0 atom stereocenters. The van der Waals surface area contributed by atoms with Crippen LogP contribution in [-0.2, 0) is 9.59 Å². The molecule has 2 aliphatic rings. The summed E-state index contributed by atoms with van der Waals surface area (Å²) in [5, 5.41) is 5.89. The molecular formula is C13H14N2O3S. The van der Waals surface area contributed by atoms with Gasteiger partial charge in [0.15, 0.2) is 0 Å². The first kappa shape index (κ1) is 12.3. The lowest BCUT2D eigenvalue weighted by molar-refractivity contribution is -0.144. The fraction of sp³-hybridized carbons (Fsp3) is 0.462. The number of nitrogens with one attached hydrogen (secondary N) is 1. The summed E-state index contributed by atoms with van der Waals surface area (Å²) in [6.07, 6.45) is 3.81. The predicted octanol–water partition coefficient (Wildman–Crippen LogP) is 2.28. The van der Waals surface area contributed by atoms with Crippen molar-refractivity contribution in [3.05, 3.63) is 16.8 Å². The molecule has 0 bridgehead atoms. The highest BCUT2D eigenvalue weighted by atomic mass is 32.1. The van der Waals surface area contributed by atoms with E-state index < -0.39 is 17.4 Å². The van der Waals surface area contributed by atoms with Gasteiger partial charge in [0.2, 0.25) is 5.91 Å². The van der Waals surface area contributed by atoms with Gasteiger partial charge in [-0.05, 0) is 24.3 Å². The second-order valence-corrected chi connectivity index (χ2v) is 5.80. The number of carbonyl (C=O) groups is 3. The van der Waals surface area contributed by atoms with Crippen LogP contribution < -0.4 is 10.2 Å². The maximum absolute atomic E-state index is 12.7. The molecule has 1 aromatic rings. The summed E-state index contributed by atoms with van der Waals surface area (Å²) in [5.41, 5.74) is -0.487. The predicted molar refractivity (Wildman–Crippen MR) is 70.9 cm³/mol. The van der Waals surface area contributed by atoms with E-state index >= 15 is 0 Å². The number of nitrogens with zero attached hydrogens (tertiary/aromatic N) is 1. The number of barbiturate groups is 1. The molecule has 1 saturated heterocycles. The number of imide groups is 2. The molecule has 6 heteroatoms. The van der Waals surface area contributed by atoms with Gasteiger partial charge in [-0.3, -0.25) is 14.9 Å². The normalized spacial score (nSPS) is 22.7. The van der Waals surface area contributed by atoms with Gasteiger partial charge in [0.25, 0.3) is 5.91 Å². The number of rotatable bonds is 1. The molecule has 1 spiro atoms. The van der Waals surface area contributed by atoms with Crippen molar-refractivity contribution in [1.82, 2.24) is 5.32 Å². The zero-order valence-electron chi connectivity index (χ0n) is 10.3. The van der Waals surface area contributed by atoms with Crippen molar-refractivity contribution in [3.8, 4) is 0 Å². The Morgan fingerprint density at radius 3 is 2.53 bits per heavy atom. The number of hydrogen-bond donors (Lipinski definition) is 1. The molecular weight excluding hydrogens is 264 g/mol. The lowest BCUT2D eigenvalue weighted by Crippen LogP contribution is -2.64. The van der Waals surface area contributed by atoms with E-state index in [0.29, 0.717) is 18.5 Å². The van der Waals surface area contributed by atoms with Crippen LogP contribution in [0.4, 0.5) is 10.5 Å². The zero-order valence-corrected chi connectivity index (χ0v) is 11.2. The molecule has 4 amide bonds. The molecule has 0 radical (unpaired) electrons. The van der Waals surface area contributed by atoms with Gasteiger partial charge in [0.1, 0.15) is 5.41 Å². The fourth-order valence-corrected chi connectivity index (χ4v) is 3.51. The number of urea groups is 1. The van der Waals surface area contributed by atoms with Gasteiger partial charge in [-0.25, -0.2) is 9.69 Å². The Morgan fingerprint density at radius 1 is 1.16 bits per heavy atom. The Hall–Kier alpha value is -1.69. The van der Waals surface area contributed by atoms with E-state index in [2.05, 4.69) is 5.32 Å². The van der Waals surface area contributed by atoms with Crippen molar-refractivity contribution in [3.63, 3.8) is 0 Å². The van der Waals surface area contributed by atoms with Crippen molar-refractivity contribution in [2.45, 2.75) is 32.1 Å². The van der Waals surface area contributed by atoms with Crippen LogP contribution in [0.15, 0.2) is 16.8 Å². The monoisotopic (exact) mass is 278 g/mol. The summed E-state index contributed by atoms with van der Waals surface area (Å²) < 4.78 is 0. The minimum absolute atomic E-state index is 0.362. The standard InChI is InChI=1S/C13H14N2O3S/c16-10-13(5-2-1-3-6-13)11(17)15(12(18)14-10)9-4-7-19-8-9/h4,7-8H,1-3,5-6H2,(H,14,16,18). The molecule has 1 aromatic heterocycles. The Balaban J connectivity index is 2.00. The lowest BCUT2D eigenvalue weighted by atomic mass is 9.71. The van der Waals surface area contributed by atoms with E-state index in [4.69, 9.17) is 0 Å². The molecule has 2 fully saturated rings. The summed E-state index contributed by atoms with van der Waals surface area (Å²) in [4.78, 5) is 37.8. The van der Waals surface area contributed by atoms with Gasteiger partial charge in [0, 0.05) is 5.38 Å². The highest BCUT2D eigenvalue weighted by Crippen LogP contribution is 2.41. The number of hydrogen-bond acceptors (Lipinski definition) is 4. The molecule has 0 aromatic carbocycles. The van der Waals surface area contributed by atoms with E-state index in [9.17, 15) is 14.4 Å². The Bertz CT molecular complexity index is 532. The lowest BCUT2D eigenvalue weighted by Gasteiger charge is -2.40. The molecule has 5 nitrogen and oxygen atoms in total. The van der Waals surface area contributed by atoms with Crippen LogP contribution in [-0.4, -0.2) is 17.8 Å². The van der Waals surface area contributed by atoms with Crippen molar-refractivity contribution in [2.24, 2.45) is 5.41 Å². The summed E-state index contributed by atoms with van der Waals surface area (Å²) in [6.45, 7) is 0. The third-order valence-electron chi connectivity index (χ3n) is 3.94. The number of amides is 4. The molecule has 1 aliphatic heterocycles. The van der Waals surface area contributed by atoms with Gasteiger partial charge in [-0.15, -0.1) is 0 Å². The van der Waals surface area contributed by atoms with Crippen LogP contribution in [0.2, 0.25) is 0 Å². The summed E-state index contributed by atoms with van der Waals surface area (Å²) in [6, 6.07) is 1.08. The molecule has 1 saturated carbocycles. The Labute approximate surface area is 114 Å². The second-order valence-electron chi connectivity index (χ2n) is 5.02. The first-order valence-corrected chi connectivity index (χ1v) is 7.32. The maximum Gasteiger partial charge on any atom is 0.335 e. The average molecular weight is 278 g/mol. The van der Waals surface area contributed by atoms with Gasteiger partial charge >= 0.3 is 6.03 Å². The Morgan fingerprint density at radius 2 is 1.89 bits per heavy atom. The van der Waals surface area contributed by atoms with Crippen LogP contribution in [0.25, 0.3) is 0 Å². The summed E-state index contributed by atoms with van der Waals surface area (Å²) in [7, 11) is 0. The van der Waals surface area contributed by atoms with Gasteiger partial charge in [-0.1, -0.05) is 19.3 Å². The molecule has 1 N–H and O–H groups in total. The van der Waals surface area contributed by atoms with Gasteiger partial charge in [-0.2, -0.15) is 11.3 Å². The van der Waals surface area contributed by atoms with Crippen molar-refractivity contribution < 1.29 is 14.4 Å². The van der Waals surface area contributed by atoms with E-state index in [1.165, 1.54) is 11.3 Å². The maximum atomic E-state index is 12.7. The van der Waals surface area contributed by atoms with E-state index in [-0.39, 0.29) is 5.91 Å². The van der Waals surface area contributed by atoms with Crippen molar-refractivity contribution in [1.29, 1.82) is 0 Å². The quantitative estimate of drug-likeness (QED) is 0.801. The van der Waals surface area contributed by atoms with Crippen molar-refractivity contribution in [2.75, 3.05) is 4.90 Å². The number of anilines is 1. The smallest absolute Gasteiger partial charge is 0.276 e. The minimum atomic E-state index is -1.03. The highest BCUT2D eigenvalue weighted by molar-refractivity contribution is 7.08. The highest BCUT2D eigenvalue weighted by Gasteiger charge is 2.54. The third-order valence-corrected chi connectivity index (χ3v) is 4.61. The first-order chi connectivity index (χ1) is 9.15. The molecule has 19 heavy (non-hydrogen) atoms. The molecule has 1 aliphatic carbocycles. The number of carbonyl (C=O) groups excluding carboxylic acids is 3. The van der Waals surface area contributed by atoms with Gasteiger partial charge < -0.3 is 0 Å². The van der Waals surface area contributed by atoms with E-state index in [1.807, 2.05) is 0 Å². The summed E-state index contributed by atoms with van der Waals surface area (Å²) in [5.74, 6) is -0.784. The minimum Gasteiger partial charge on any atom is -0.276 e. The van der Waals surface area contributed by atoms with Crippen molar-refractivity contribution >= 4 is 34.9 Å². The fourth-order valence-electron chi connectivity index (χ4n) is 2.89. The average Bonchev–Trinajstić information content (AvgIpc) is 2.92. The third kappa shape index (κ3) is 1.78. The van der Waals surface area contributed by atoms with Crippen LogP contribution in [0, 0.1) is 5.41 Å². The van der Waals surface area contributed by atoms with Gasteiger partial charge in [0.05, 0.1) is 5.69 Å². The number of thiophene rings is 1. The van der Waals surface area contributed by atoms with E-state index in [0.717, 1.165) is 24.2 Å². The second kappa shape index (κ2) is 4.45. The molecule has 0 unspecified atom stereocenters.